The van der Waals surface area contributed by atoms with Crippen LogP contribution in [0, 0.1) is 20.8 Å². The lowest BCUT2D eigenvalue weighted by molar-refractivity contribution is -0.148. The van der Waals surface area contributed by atoms with Crippen molar-refractivity contribution < 1.29 is 14.3 Å². The van der Waals surface area contributed by atoms with Gasteiger partial charge in [0, 0.05) is 11.8 Å². The molecule has 130 valence electrons. The Morgan fingerprint density at radius 3 is 2.32 bits per heavy atom. The van der Waals surface area contributed by atoms with Crippen LogP contribution in [0.15, 0.2) is 48.5 Å². The van der Waals surface area contributed by atoms with E-state index in [1.165, 1.54) is 6.08 Å². The molecule has 0 saturated heterocycles. The molecule has 0 aliphatic heterocycles. The van der Waals surface area contributed by atoms with Crippen LogP contribution in [0.3, 0.4) is 0 Å². The molecule has 0 fully saturated rings. The minimum atomic E-state index is -0.881. The van der Waals surface area contributed by atoms with Crippen molar-refractivity contribution in [3.05, 3.63) is 70.8 Å². The summed E-state index contributed by atoms with van der Waals surface area (Å²) in [5.41, 5.74) is 4.70. The van der Waals surface area contributed by atoms with E-state index in [0.29, 0.717) is 0 Å². The molecule has 0 aliphatic rings. The average Bonchev–Trinajstić information content (AvgIpc) is 2.56. The highest BCUT2D eigenvalue weighted by molar-refractivity contribution is 5.97. The van der Waals surface area contributed by atoms with Gasteiger partial charge in [0.25, 0.3) is 5.91 Å². The molecule has 25 heavy (non-hydrogen) atoms. The Labute approximate surface area is 148 Å². The molecular formula is C21H23NO3. The Kier molecular flexibility index (Phi) is 6.12. The van der Waals surface area contributed by atoms with Gasteiger partial charge in [0.15, 0.2) is 6.10 Å². The number of ether oxygens (including phenoxy) is 1. The predicted molar refractivity (Wildman–Crippen MR) is 100 cm³/mol. The highest BCUT2D eigenvalue weighted by Gasteiger charge is 2.18. The largest absolute Gasteiger partial charge is 0.449 e. The lowest BCUT2D eigenvalue weighted by Gasteiger charge is -2.15. The van der Waals surface area contributed by atoms with Crippen molar-refractivity contribution in [1.82, 2.24) is 0 Å². The summed E-state index contributed by atoms with van der Waals surface area (Å²) in [7, 11) is 0. The number of nitrogens with one attached hydrogen (secondary N) is 1. The Hall–Kier alpha value is -2.88. The second kappa shape index (κ2) is 8.29. The van der Waals surface area contributed by atoms with Gasteiger partial charge in [-0.05, 0) is 50.5 Å². The first-order valence-corrected chi connectivity index (χ1v) is 8.19. The van der Waals surface area contributed by atoms with Crippen LogP contribution in [0.1, 0.15) is 29.2 Å². The number of amides is 1. The summed E-state index contributed by atoms with van der Waals surface area (Å²) in [4.78, 5) is 24.2. The number of esters is 1. The van der Waals surface area contributed by atoms with E-state index in [4.69, 9.17) is 4.74 Å². The molecule has 0 radical (unpaired) electrons. The number of carbonyl (C=O) groups is 2. The molecule has 2 aromatic carbocycles. The van der Waals surface area contributed by atoms with Gasteiger partial charge in [-0.25, -0.2) is 4.79 Å². The van der Waals surface area contributed by atoms with Gasteiger partial charge in [-0.2, -0.15) is 0 Å². The lowest BCUT2D eigenvalue weighted by atomic mass is 10.1. The van der Waals surface area contributed by atoms with E-state index in [1.807, 2.05) is 63.2 Å². The fourth-order valence-electron chi connectivity index (χ4n) is 2.44. The highest BCUT2D eigenvalue weighted by Crippen LogP contribution is 2.19. The predicted octanol–water partition coefficient (Wildman–Crippen LogP) is 4.20. The fourth-order valence-corrected chi connectivity index (χ4v) is 2.44. The number of aryl methyl sites for hydroxylation is 3. The monoisotopic (exact) mass is 337 g/mol. The van der Waals surface area contributed by atoms with Gasteiger partial charge < -0.3 is 10.1 Å². The van der Waals surface area contributed by atoms with E-state index in [1.54, 1.807) is 13.0 Å². The SMILES string of the molecule is Cc1cccc(/C=C/C(=O)O[C@@H](C)C(=O)Nc2c(C)cccc2C)c1. The molecule has 2 rings (SSSR count). The third kappa shape index (κ3) is 5.31. The van der Waals surface area contributed by atoms with Gasteiger partial charge in [0.05, 0.1) is 0 Å². The quantitative estimate of drug-likeness (QED) is 0.657. The summed E-state index contributed by atoms with van der Waals surface area (Å²) in [6.07, 6.45) is 2.12. The van der Waals surface area contributed by atoms with Crippen molar-refractivity contribution >= 4 is 23.6 Å². The second-order valence-corrected chi connectivity index (χ2v) is 6.08. The Balaban J connectivity index is 1.95. The molecule has 0 heterocycles. The van der Waals surface area contributed by atoms with Crippen LogP contribution >= 0.6 is 0 Å². The topological polar surface area (TPSA) is 55.4 Å². The van der Waals surface area contributed by atoms with Gasteiger partial charge in [0.2, 0.25) is 0 Å². The van der Waals surface area contributed by atoms with Crippen LogP contribution in [0.2, 0.25) is 0 Å². The smallest absolute Gasteiger partial charge is 0.331 e. The van der Waals surface area contributed by atoms with E-state index in [-0.39, 0.29) is 5.91 Å². The molecular weight excluding hydrogens is 314 g/mol. The van der Waals surface area contributed by atoms with Crippen LogP contribution in [-0.4, -0.2) is 18.0 Å². The van der Waals surface area contributed by atoms with Gasteiger partial charge in [-0.3, -0.25) is 4.79 Å². The molecule has 1 atom stereocenters. The fraction of sp³-hybridized carbons (Fsp3) is 0.238. The van der Waals surface area contributed by atoms with Crippen molar-refractivity contribution in [1.29, 1.82) is 0 Å². The zero-order valence-corrected chi connectivity index (χ0v) is 15.0. The first kappa shape index (κ1) is 18.5. The molecule has 0 bridgehead atoms. The van der Waals surface area contributed by atoms with Crippen molar-refractivity contribution in [2.75, 3.05) is 5.32 Å². The number of hydrogen-bond donors (Lipinski definition) is 1. The summed E-state index contributed by atoms with van der Waals surface area (Å²) >= 11 is 0. The van der Waals surface area contributed by atoms with E-state index in [2.05, 4.69) is 5.32 Å². The highest BCUT2D eigenvalue weighted by atomic mass is 16.5. The first-order chi connectivity index (χ1) is 11.9. The van der Waals surface area contributed by atoms with Crippen LogP contribution < -0.4 is 5.32 Å². The van der Waals surface area contributed by atoms with Crippen LogP contribution in [-0.2, 0) is 14.3 Å². The van der Waals surface area contributed by atoms with Crippen molar-refractivity contribution in [3.8, 4) is 0 Å². The maximum absolute atomic E-state index is 12.3. The van der Waals surface area contributed by atoms with Crippen LogP contribution in [0.5, 0.6) is 0 Å². The summed E-state index contributed by atoms with van der Waals surface area (Å²) in [5.74, 6) is -0.902. The minimum Gasteiger partial charge on any atom is -0.449 e. The zero-order chi connectivity index (χ0) is 18.4. The molecule has 0 unspecified atom stereocenters. The number of benzene rings is 2. The summed E-state index contributed by atoms with van der Waals surface area (Å²) < 4.78 is 5.18. The maximum Gasteiger partial charge on any atom is 0.331 e. The Morgan fingerprint density at radius 2 is 1.68 bits per heavy atom. The van der Waals surface area contributed by atoms with Crippen LogP contribution in [0.25, 0.3) is 6.08 Å². The molecule has 0 saturated carbocycles. The first-order valence-electron chi connectivity index (χ1n) is 8.19. The zero-order valence-electron chi connectivity index (χ0n) is 15.0. The van der Waals surface area contributed by atoms with Gasteiger partial charge in [-0.1, -0.05) is 48.0 Å². The number of rotatable bonds is 5. The van der Waals surface area contributed by atoms with Gasteiger partial charge >= 0.3 is 5.97 Å². The molecule has 4 nitrogen and oxygen atoms in total. The number of hydrogen-bond acceptors (Lipinski definition) is 3. The third-order valence-corrected chi connectivity index (χ3v) is 3.85. The maximum atomic E-state index is 12.3. The number of anilines is 1. The van der Waals surface area contributed by atoms with Crippen LogP contribution in [0.4, 0.5) is 5.69 Å². The van der Waals surface area contributed by atoms with Crippen molar-refractivity contribution in [2.24, 2.45) is 0 Å². The molecule has 0 aliphatic carbocycles. The summed E-state index contributed by atoms with van der Waals surface area (Å²) in [6, 6.07) is 13.5. The molecule has 1 amide bonds. The normalized spacial score (nSPS) is 12.0. The third-order valence-electron chi connectivity index (χ3n) is 3.85. The molecule has 0 spiro atoms. The van der Waals surface area contributed by atoms with E-state index in [9.17, 15) is 9.59 Å². The van der Waals surface area contributed by atoms with Crippen molar-refractivity contribution in [2.45, 2.75) is 33.8 Å². The molecule has 0 aromatic heterocycles. The van der Waals surface area contributed by atoms with E-state index < -0.39 is 12.1 Å². The number of para-hydroxylation sites is 1. The number of carbonyl (C=O) groups excluding carboxylic acids is 2. The summed E-state index contributed by atoms with van der Waals surface area (Å²) in [6.45, 7) is 7.38. The molecule has 4 heteroatoms. The van der Waals surface area contributed by atoms with Gasteiger partial charge in [-0.15, -0.1) is 0 Å². The standard InChI is InChI=1S/C21H23NO3/c1-14-7-5-10-18(13-14)11-12-19(23)25-17(4)21(24)22-20-15(2)8-6-9-16(20)3/h5-13,17H,1-4H3,(H,22,24)/b12-11+/t17-/m0/s1. The second-order valence-electron chi connectivity index (χ2n) is 6.08. The lowest BCUT2D eigenvalue weighted by Crippen LogP contribution is -2.30. The van der Waals surface area contributed by atoms with Crippen molar-refractivity contribution in [3.63, 3.8) is 0 Å². The minimum absolute atomic E-state index is 0.352. The van der Waals surface area contributed by atoms with Gasteiger partial charge in [0.1, 0.15) is 0 Å². The summed E-state index contributed by atoms with van der Waals surface area (Å²) in [5, 5.41) is 2.82. The molecule has 2 aromatic rings. The van der Waals surface area contributed by atoms with E-state index >= 15 is 0 Å². The molecule has 1 N–H and O–H groups in total. The Morgan fingerprint density at radius 1 is 1.04 bits per heavy atom. The van der Waals surface area contributed by atoms with E-state index in [0.717, 1.165) is 27.9 Å². The average molecular weight is 337 g/mol. The Bertz CT molecular complexity index is 788.